The van der Waals surface area contributed by atoms with E-state index in [0.717, 1.165) is 5.69 Å². The van der Waals surface area contributed by atoms with E-state index in [4.69, 9.17) is 17.2 Å². The minimum absolute atomic E-state index is 0.0507. The van der Waals surface area contributed by atoms with Gasteiger partial charge >= 0.3 is 5.96 Å². The number of rotatable bonds is 1. The summed E-state index contributed by atoms with van der Waals surface area (Å²) in [6, 6.07) is 9.57. The maximum Gasteiger partial charge on any atom is 0.393 e. The van der Waals surface area contributed by atoms with Crippen molar-refractivity contribution in [1.29, 1.82) is 0 Å². The Morgan fingerprint density at radius 1 is 1.14 bits per heavy atom. The maximum absolute atomic E-state index is 5.65. The fourth-order valence-electron chi connectivity index (χ4n) is 0.991. The molecule has 0 aromatic heterocycles. The molecule has 0 amide bonds. The second kappa shape index (κ2) is 4.27. The molecular formula is C9H14N5+. The Kier molecular flexibility index (Phi) is 3.06. The molecule has 0 bridgehead atoms. The zero-order chi connectivity index (χ0) is 10.6. The summed E-state index contributed by atoms with van der Waals surface area (Å²) in [7, 11) is 1.79. The van der Waals surface area contributed by atoms with E-state index < -0.39 is 0 Å². The van der Waals surface area contributed by atoms with Gasteiger partial charge in [-0.15, -0.1) is 0 Å². The summed E-state index contributed by atoms with van der Waals surface area (Å²) in [5, 5.41) is 0. The van der Waals surface area contributed by atoms with Crippen LogP contribution >= 0.6 is 0 Å². The second-order valence-electron chi connectivity index (χ2n) is 2.79. The minimum atomic E-state index is -0.0507. The first-order valence-corrected chi connectivity index (χ1v) is 4.12. The van der Waals surface area contributed by atoms with Crippen LogP contribution in [0, 0.1) is 0 Å². The highest BCUT2D eigenvalue weighted by Crippen LogP contribution is 2.07. The average Bonchev–Trinajstić information content (AvgIpc) is 2.17. The van der Waals surface area contributed by atoms with Crippen LogP contribution in [0.4, 0.5) is 5.69 Å². The molecule has 0 aliphatic heterocycles. The molecule has 5 nitrogen and oxygen atoms in total. The molecular weight excluding hydrogens is 178 g/mol. The van der Waals surface area contributed by atoms with Gasteiger partial charge < -0.3 is 11.5 Å². The predicted octanol–water partition coefficient (Wildman–Crippen LogP) is -0.451. The van der Waals surface area contributed by atoms with E-state index in [2.05, 4.69) is 4.99 Å². The first kappa shape index (κ1) is 10.0. The van der Waals surface area contributed by atoms with Crippen molar-refractivity contribution in [1.82, 2.24) is 0 Å². The third-order valence-electron chi connectivity index (χ3n) is 1.73. The Bertz CT molecular complexity index is 362. The number of benzene rings is 1. The predicted molar refractivity (Wildman–Crippen MR) is 57.3 cm³/mol. The van der Waals surface area contributed by atoms with Gasteiger partial charge in [0.15, 0.2) is 0 Å². The van der Waals surface area contributed by atoms with E-state index in [9.17, 15) is 0 Å². The molecule has 74 valence electrons. The van der Waals surface area contributed by atoms with Gasteiger partial charge in [0, 0.05) is 0 Å². The summed E-state index contributed by atoms with van der Waals surface area (Å²) >= 11 is 0. The fourth-order valence-corrected chi connectivity index (χ4v) is 0.991. The Morgan fingerprint density at radius 3 is 2.21 bits per heavy atom. The number of aliphatic imine (C=N–C) groups is 1. The summed E-state index contributed by atoms with van der Waals surface area (Å²) in [5.74, 6) is 0.210. The van der Waals surface area contributed by atoms with Crippen molar-refractivity contribution >= 4 is 17.6 Å². The molecule has 0 aliphatic carbocycles. The molecule has 0 unspecified atom stereocenters. The van der Waals surface area contributed by atoms with Crippen LogP contribution in [0.3, 0.4) is 0 Å². The Labute approximate surface area is 82.5 Å². The first-order chi connectivity index (χ1) is 6.61. The summed E-state index contributed by atoms with van der Waals surface area (Å²) in [6.45, 7) is 0. The van der Waals surface area contributed by atoms with Crippen molar-refractivity contribution in [2.75, 3.05) is 7.05 Å². The maximum atomic E-state index is 5.65. The Morgan fingerprint density at radius 2 is 1.71 bits per heavy atom. The zero-order valence-electron chi connectivity index (χ0n) is 8.01. The van der Waals surface area contributed by atoms with Gasteiger partial charge in [0.25, 0.3) is 5.96 Å². The summed E-state index contributed by atoms with van der Waals surface area (Å²) in [5.41, 5.74) is 17.0. The standard InChI is InChI=1S/C9H13N5/c1-14(9(12)13-8(10)11)7-5-3-2-4-6-7/h2-6H,1H3,(H5,10,11,12,13)/p+1. The number of hydrogen-bond acceptors (Lipinski definition) is 0. The van der Waals surface area contributed by atoms with Crippen LogP contribution in [0.1, 0.15) is 0 Å². The smallest absolute Gasteiger partial charge is 0.356 e. The first-order valence-electron chi connectivity index (χ1n) is 4.12. The highest BCUT2D eigenvalue weighted by Gasteiger charge is 2.05. The summed E-state index contributed by atoms with van der Waals surface area (Å²) in [6.07, 6.45) is 0. The Hall–Kier alpha value is -2.04. The average molecular weight is 192 g/mol. The molecule has 6 N–H and O–H groups in total. The van der Waals surface area contributed by atoms with Gasteiger partial charge in [-0.25, -0.2) is 4.58 Å². The third kappa shape index (κ3) is 2.48. The highest BCUT2D eigenvalue weighted by atomic mass is 15.2. The van der Waals surface area contributed by atoms with Crippen LogP contribution in [-0.4, -0.2) is 23.5 Å². The van der Waals surface area contributed by atoms with Crippen molar-refractivity contribution in [3.8, 4) is 0 Å². The molecule has 0 heterocycles. The molecule has 14 heavy (non-hydrogen) atoms. The number of hydrogen-bond donors (Lipinski definition) is 3. The molecule has 5 heteroatoms. The van der Waals surface area contributed by atoms with Crippen LogP contribution in [0.5, 0.6) is 0 Å². The van der Waals surface area contributed by atoms with Gasteiger partial charge in [-0.2, -0.15) is 0 Å². The molecule has 0 radical (unpaired) electrons. The largest absolute Gasteiger partial charge is 0.393 e. The zero-order valence-corrected chi connectivity index (χ0v) is 8.01. The van der Waals surface area contributed by atoms with Crippen LogP contribution in [-0.2, 0) is 0 Å². The molecule has 0 spiro atoms. The Balaban J connectivity index is 3.05. The number of guanidine groups is 2. The fraction of sp³-hybridized carbons (Fsp3) is 0.111. The number of nitrogens with zero attached hydrogens (tertiary/aromatic N) is 2. The SMILES string of the molecule is C[N+](=C(N)N=C(N)N)c1ccccc1. The van der Waals surface area contributed by atoms with Gasteiger partial charge in [-0.3, -0.25) is 5.73 Å². The normalized spacial score (nSPS) is 11.8. The lowest BCUT2D eigenvalue weighted by molar-refractivity contribution is -0.407. The number of nitrogens with two attached hydrogens (primary N) is 3. The van der Waals surface area contributed by atoms with E-state index in [-0.39, 0.29) is 11.9 Å². The summed E-state index contributed by atoms with van der Waals surface area (Å²) < 4.78 is 1.69. The van der Waals surface area contributed by atoms with Crippen LogP contribution in [0.15, 0.2) is 35.3 Å². The monoisotopic (exact) mass is 192 g/mol. The quantitative estimate of drug-likeness (QED) is 0.319. The molecule has 0 aliphatic rings. The highest BCUT2D eigenvalue weighted by molar-refractivity contribution is 5.90. The van der Waals surface area contributed by atoms with Crippen molar-refractivity contribution in [3.05, 3.63) is 30.3 Å². The van der Waals surface area contributed by atoms with Gasteiger partial charge in [0.05, 0.1) is 7.05 Å². The molecule has 0 atom stereocenters. The van der Waals surface area contributed by atoms with Gasteiger partial charge in [0.2, 0.25) is 0 Å². The lowest BCUT2D eigenvalue weighted by Gasteiger charge is -2.00. The molecule has 1 aromatic rings. The van der Waals surface area contributed by atoms with Gasteiger partial charge in [0.1, 0.15) is 5.69 Å². The topological polar surface area (TPSA) is 93.4 Å². The molecule has 0 fully saturated rings. The molecule has 1 aromatic carbocycles. The van der Waals surface area contributed by atoms with Crippen LogP contribution in [0.25, 0.3) is 0 Å². The summed E-state index contributed by atoms with van der Waals surface area (Å²) in [4.78, 5) is 3.75. The molecule has 0 saturated carbocycles. The van der Waals surface area contributed by atoms with E-state index in [1.54, 1.807) is 11.6 Å². The third-order valence-corrected chi connectivity index (χ3v) is 1.73. The molecule has 1 rings (SSSR count). The van der Waals surface area contributed by atoms with Crippen molar-refractivity contribution in [3.63, 3.8) is 0 Å². The van der Waals surface area contributed by atoms with Crippen LogP contribution in [0.2, 0.25) is 0 Å². The van der Waals surface area contributed by atoms with Gasteiger partial charge in [-0.05, 0) is 17.1 Å². The second-order valence-corrected chi connectivity index (χ2v) is 2.79. The lowest BCUT2D eigenvalue weighted by atomic mass is 10.3. The number of para-hydroxylation sites is 1. The van der Waals surface area contributed by atoms with Gasteiger partial charge in [-0.1, -0.05) is 18.2 Å². The van der Waals surface area contributed by atoms with E-state index >= 15 is 0 Å². The lowest BCUT2D eigenvalue weighted by Crippen LogP contribution is -2.29. The van der Waals surface area contributed by atoms with Crippen molar-refractivity contribution in [2.24, 2.45) is 22.2 Å². The van der Waals surface area contributed by atoms with E-state index in [1.807, 2.05) is 30.3 Å². The van der Waals surface area contributed by atoms with E-state index in [0.29, 0.717) is 0 Å². The van der Waals surface area contributed by atoms with E-state index in [1.165, 1.54) is 0 Å². The van der Waals surface area contributed by atoms with Crippen molar-refractivity contribution < 1.29 is 4.58 Å². The molecule has 0 saturated heterocycles. The minimum Gasteiger partial charge on any atom is -0.356 e. The van der Waals surface area contributed by atoms with Crippen LogP contribution < -0.4 is 17.2 Å². The van der Waals surface area contributed by atoms with Crippen molar-refractivity contribution in [2.45, 2.75) is 0 Å².